The smallest absolute Gasteiger partial charge is 0.262 e. The normalized spacial score (nSPS) is 10.4. The monoisotopic (exact) mass is 340 g/mol. The van der Waals surface area contributed by atoms with Crippen LogP contribution >= 0.6 is 0 Å². The molecule has 0 bridgehead atoms. The number of nitrogens with one attached hydrogen (secondary N) is 2. The standard InChI is InChI=1S/C20H24N2O3/c1-4-21-20(24)16-5-9-17(10-6-16)22-19(23)13-25-18-11-7-15(8-12-18)14(2)3/h5-12,14H,4,13H2,1-3H3,(H,21,24)(H,22,23). The number of ether oxygens (including phenoxy) is 1. The minimum absolute atomic E-state index is 0.0703. The number of anilines is 1. The summed E-state index contributed by atoms with van der Waals surface area (Å²) in [5.41, 5.74) is 2.40. The van der Waals surface area contributed by atoms with Crippen LogP contribution in [0.1, 0.15) is 42.6 Å². The lowest BCUT2D eigenvalue weighted by Gasteiger charge is -2.10. The van der Waals surface area contributed by atoms with Crippen LogP contribution in [-0.4, -0.2) is 25.0 Å². The van der Waals surface area contributed by atoms with Gasteiger partial charge in [-0.3, -0.25) is 9.59 Å². The number of benzene rings is 2. The topological polar surface area (TPSA) is 67.4 Å². The SMILES string of the molecule is CCNC(=O)c1ccc(NC(=O)COc2ccc(C(C)C)cc2)cc1. The van der Waals surface area contributed by atoms with Gasteiger partial charge in [-0.25, -0.2) is 0 Å². The molecule has 0 fully saturated rings. The van der Waals surface area contributed by atoms with Crippen molar-refractivity contribution in [2.24, 2.45) is 0 Å². The zero-order valence-electron chi connectivity index (χ0n) is 14.8. The van der Waals surface area contributed by atoms with Crippen molar-refractivity contribution in [3.8, 4) is 5.75 Å². The van der Waals surface area contributed by atoms with Crippen molar-refractivity contribution < 1.29 is 14.3 Å². The van der Waals surface area contributed by atoms with Crippen LogP contribution in [0.15, 0.2) is 48.5 Å². The lowest BCUT2D eigenvalue weighted by molar-refractivity contribution is -0.118. The van der Waals surface area contributed by atoms with E-state index in [-0.39, 0.29) is 18.4 Å². The van der Waals surface area contributed by atoms with Gasteiger partial charge in [0.2, 0.25) is 0 Å². The average Bonchev–Trinajstić information content (AvgIpc) is 2.61. The zero-order chi connectivity index (χ0) is 18.2. The number of hydrogen-bond acceptors (Lipinski definition) is 3. The first-order chi connectivity index (χ1) is 12.0. The maximum absolute atomic E-state index is 12.0. The third-order valence-corrected chi connectivity index (χ3v) is 3.68. The van der Waals surface area contributed by atoms with E-state index in [1.807, 2.05) is 31.2 Å². The molecule has 5 heteroatoms. The van der Waals surface area contributed by atoms with Gasteiger partial charge in [-0.2, -0.15) is 0 Å². The van der Waals surface area contributed by atoms with Gasteiger partial charge in [-0.05, 0) is 54.8 Å². The minimum atomic E-state index is -0.251. The summed E-state index contributed by atoms with van der Waals surface area (Å²) in [6, 6.07) is 14.5. The highest BCUT2D eigenvalue weighted by molar-refractivity contribution is 5.96. The Morgan fingerprint density at radius 3 is 2.20 bits per heavy atom. The van der Waals surface area contributed by atoms with Gasteiger partial charge < -0.3 is 15.4 Å². The van der Waals surface area contributed by atoms with E-state index in [1.54, 1.807) is 24.3 Å². The van der Waals surface area contributed by atoms with E-state index in [2.05, 4.69) is 24.5 Å². The van der Waals surface area contributed by atoms with Crippen LogP contribution in [0.4, 0.5) is 5.69 Å². The van der Waals surface area contributed by atoms with Crippen molar-refractivity contribution in [1.29, 1.82) is 0 Å². The minimum Gasteiger partial charge on any atom is -0.484 e. The molecule has 25 heavy (non-hydrogen) atoms. The van der Waals surface area contributed by atoms with Gasteiger partial charge >= 0.3 is 0 Å². The van der Waals surface area contributed by atoms with E-state index in [4.69, 9.17) is 4.74 Å². The third kappa shape index (κ3) is 5.64. The quantitative estimate of drug-likeness (QED) is 0.809. The molecule has 0 aliphatic heterocycles. The first-order valence-corrected chi connectivity index (χ1v) is 8.40. The lowest BCUT2D eigenvalue weighted by Crippen LogP contribution is -2.23. The maximum Gasteiger partial charge on any atom is 0.262 e. The highest BCUT2D eigenvalue weighted by atomic mass is 16.5. The van der Waals surface area contributed by atoms with Crippen molar-refractivity contribution in [3.63, 3.8) is 0 Å². The molecule has 5 nitrogen and oxygen atoms in total. The average molecular weight is 340 g/mol. The Labute approximate surface area is 148 Å². The molecular weight excluding hydrogens is 316 g/mol. The molecule has 0 aromatic heterocycles. The largest absolute Gasteiger partial charge is 0.484 e. The van der Waals surface area contributed by atoms with E-state index >= 15 is 0 Å². The molecule has 0 spiro atoms. The van der Waals surface area contributed by atoms with E-state index < -0.39 is 0 Å². The Balaban J connectivity index is 1.84. The Morgan fingerprint density at radius 1 is 1.00 bits per heavy atom. The molecular formula is C20H24N2O3. The number of rotatable bonds is 7. The molecule has 0 aliphatic carbocycles. The van der Waals surface area contributed by atoms with Crippen LogP contribution in [-0.2, 0) is 4.79 Å². The van der Waals surface area contributed by atoms with E-state index in [0.717, 1.165) is 0 Å². The second-order valence-electron chi connectivity index (χ2n) is 6.00. The Bertz CT molecular complexity index is 707. The van der Waals surface area contributed by atoms with Gasteiger partial charge in [0.1, 0.15) is 5.75 Å². The summed E-state index contributed by atoms with van der Waals surface area (Å²) in [6.45, 7) is 6.62. The first-order valence-electron chi connectivity index (χ1n) is 8.40. The fourth-order valence-electron chi connectivity index (χ4n) is 2.26. The highest BCUT2D eigenvalue weighted by Crippen LogP contribution is 2.18. The number of carbonyl (C=O) groups excluding carboxylic acids is 2. The summed E-state index contributed by atoms with van der Waals surface area (Å²) in [5, 5.41) is 5.47. The molecule has 2 rings (SSSR count). The molecule has 0 heterocycles. The molecule has 2 amide bonds. The Kier molecular flexibility index (Phi) is 6.57. The van der Waals surface area contributed by atoms with Gasteiger partial charge in [-0.15, -0.1) is 0 Å². The molecule has 2 N–H and O–H groups in total. The van der Waals surface area contributed by atoms with Crippen LogP contribution in [0.5, 0.6) is 5.75 Å². The second kappa shape index (κ2) is 8.87. The predicted octanol–water partition coefficient (Wildman–Crippen LogP) is 3.58. The second-order valence-corrected chi connectivity index (χ2v) is 6.00. The van der Waals surface area contributed by atoms with E-state index in [1.165, 1.54) is 5.56 Å². The van der Waals surface area contributed by atoms with Crippen molar-refractivity contribution in [2.45, 2.75) is 26.7 Å². The van der Waals surface area contributed by atoms with Crippen LogP contribution in [0.25, 0.3) is 0 Å². The molecule has 0 unspecified atom stereocenters. The number of amides is 2. The number of carbonyl (C=O) groups is 2. The summed E-state index contributed by atoms with van der Waals surface area (Å²) >= 11 is 0. The zero-order valence-corrected chi connectivity index (χ0v) is 14.8. The molecule has 2 aromatic rings. The Morgan fingerprint density at radius 2 is 1.64 bits per heavy atom. The third-order valence-electron chi connectivity index (χ3n) is 3.68. The number of hydrogen-bond donors (Lipinski definition) is 2. The van der Waals surface area contributed by atoms with Crippen LogP contribution in [0, 0.1) is 0 Å². The summed E-state index contributed by atoms with van der Waals surface area (Å²) in [4.78, 5) is 23.7. The van der Waals surface area contributed by atoms with Gasteiger partial charge in [-0.1, -0.05) is 26.0 Å². The molecule has 0 atom stereocenters. The summed E-state index contributed by atoms with van der Waals surface area (Å²) in [7, 11) is 0. The molecule has 0 radical (unpaired) electrons. The molecule has 2 aromatic carbocycles. The maximum atomic E-state index is 12.0. The summed E-state index contributed by atoms with van der Waals surface area (Å²) in [5.74, 6) is 0.734. The Hall–Kier alpha value is -2.82. The van der Waals surface area contributed by atoms with Gasteiger partial charge in [0.25, 0.3) is 11.8 Å². The summed E-state index contributed by atoms with van der Waals surface area (Å²) < 4.78 is 5.49. The predicted molar refractivity (Wildman–Crippen MR) is 99.1 cm³/mol. The van der Waals surface area contributed by atoms with Crippen molar-refractivity contribution in [1.82, 2.24) is 5.32 Å². The van der Waals surface area contributed by atoms with E-state index in [9.17, 15) is 9.59 Å². The van der Waals surface area contributed by atoms with Crippen LogP contribution in [0.3, 0.4) is 0 Å². The highest BCUT2D eigenvalue weighted by Gasteiger charge is 2.07. The molecule has 0 saturated carbocycles. The van der Waals surface area contributed by atoms with Gasteiger partial charge in [0, 0.05) is 17.8 Å². The first kappa shape index (κ1) is 18.5. The molecule has 0 aliphatic rings. The molecule has 0 saturated heterocycles. The van der Waals surface area contributed by atoms with Crippen molar-refractivity contribution in [3.05, 3.63) is 59.7 Å². The van der Waals surface area contributed by atoms with Gasteiger partial charge in [0.05, 0.1) is 0 Å². The van der Waals surface area contributed by atoms with Crippen LogP contribution in [0.2, 0.25) is 0 Å². The summed E-state index contributed by atoms with van der Waals surface area (Å²) in [6.07, 6.45) is 0. The fourth-order valence-corrected chi connectivity index (χ4v) is 2.26. The van der Waals surface area contributed by atoms with Crippen molar-refractivity contribution in [2.75, 3.05) is 18.5 Å². The van der Waals surface area contributed by atoms with Crippen molar-refractivity contribution >= 4 is 17.5 Å². The van der Waals surface area contributed by atoms with Gasteiger partial charge in [0.15, 0.2) is 6.61 Å². The molecule has 132 valence electrons. The van der Waals surface area contributed by atoms with E-state index in [0.29, 0.717) is 29.5 Å². The fraction of sp³-hybridized carbons (Fsp3) is 0.300. The lowest BCUT2D eigenvalue weighted by atomic mass is 10.0. The van der Waals surface area contributed by atoms with Crippen LogP contribution < -0.4 is 15.4 Å².